The molecule has 1 saturated carbocycles. The molecule has 0 radical (unpaired) electrons. The molecule has 1 rings (SSSR count). The highest BCUT2D eigenvalue weighted by molar-refractivity contribution is 5.72. The van der Waals surface area contributed by atoms with Crippen LogP contribution in [0.3, 0.4) is 0 Å². The van der Waals surface area contributed by atoms with Gasteiger partial charge < -0.3 is 20.4 Å². The van der Waals surface area contributed by atoms with E-state index < -0.39 is 35.6 Å². The molecule has 5 nitrogen and oxygen atoms in total. The summed E-state index contributed by atoms with van der Waals surface area (Å²) in [4.78, 5) is 11.9. The molecule has 0 saturated heterocycles. The largest absolute Gasteiger partial charge is 0.481 e. The molecule has 146 valence electrons. The van der Waals surface area contributed by atoms with E-state index in [4.69, 9.17) is 0 Å². The first kappa shape index (κ1) is 22.1. The summed E-state index contributed by atoms with van der Waals surface area (Å²) in [6.45, 7) is 4.16. The molecule has 1 aliphatic rings. The third-order valence-corrected chi connectivity index (χ3v) is 5.48. The summed E-state index contributed by atoms with van der Waals surface area (Å²) in [5.41, 5.74) is -0.995. The summed E-state index contributed by atoms with van der Waals surface area (Å²) >= 11 is 0. The Morgan fingerprint density at radius 1 is 1.12 bits per heavy atom. The van der Waals surface area contributed by atoms with Crippen molar-refractivity contribution in [2.24, 2.45) is 11.3 Å². The Bertz CT molecular complexity index is 422. The molecule has 1 fully saturated rings. The summed E-state index contributed by atoms with van der Waals surface area (Å²) in [5.74, 6) is -1.68. The minimum Gasteiger partial charge on any atom is -0.481 e. The Labute approximate surface area is 151 Å². The molecule has 0 heterocycles. The fourth-order valence-corrected chi connectivity index (χ4v) is 3.98. The molecule has 4 N–H and O–H groups in total. The van der Waals surface area contributed by atoms with E-state index in [1.54, 1.807) is 12.2 Å². The van der Waals surface area contributed by atoms with Crippen molar-refractivity contribution < 1.29 is 25.2 Å². The van der Waals surface area contributed by atoms with E-state index in [9.17, 15) is 25.2 Å². The predicted octanol–water partition coefficient (Wildman–Crippen LogP) is 3.27. The monoisotopic (exact) mass is 356 g/mol. The van der Waals surface area contributed by atoms with Crippen LogP contribution in [-0.4, -0.2) is 44.7 Å². The highest BCUT2D eigenvalue weighted by Crippen LogP contribution is 2.48. The summed E-state index contributed by atoms with van der Waals surface area (Å²) < 4.78 is 0. The fraction of sp³-hybridized carbons (Fsp3) is 0.850. The highest BCUT2D eigenvalue weighted by atomic mass is 16.4. The molecule has 0 aromatic heterocycles. The van der Waals surface area contributed by atoms with Gasteiger partial charge in [0.2, 0.25) is 0 Å². The fourth-order valence-electron chi connectivity index (χ4n) is 3.98. The summed E-state index contributed by atoms with van der Waals surface area (Å²) in [5, 5.41) is 40.5. The molecule has 0 spiro atoms. The molecule has 1 aliphatic carbocycles. The number of aliphatic hydroxyl groups is 3. The second-order valence-electron chi connectivity index (χ2n) is 7.53. The molecule has 0 aliphatic heterocycles. The van der Waals surface area contributed by atoms with Gasteiger partial charge in [0.1, 0.15) is 0 Å². The molecule has 0 aromatic carbocycles. The topological polar surface area (TPSA) is 98.0 Å². The number of aliphatic carboxylic acids is 1. The van der Waals surface area contributed by atoms with Crippen LogP contribution in [0.25, 0.3) is 0 Å². The van der Waals surface area contributed by atoms with E-state index >= 15 is 0 Å². The van der Waals surface area contributed by atoms with Gasteiger partial charge >= 0.3 is 5.97 Å². The molecule has 0 aromatic rings. The van der Waals surface area contributed by atoms with Crippen LogP contribution in [0.4, 0.5) is 0 Å². The maximum absolute atomic E-state index is 11.9. The maximum Gasteiger partial charge on any atom is 0.307 e. The number of aliphatic hydroxyl groups excluding tert-OH is 3. The van der Waals surface area contributed by atoms with E-state index in [-0.39, 0.29) is 12.8 Å². The lowest BCUT2D eigenvalue weighted by Crippen LogP contribution is -2.41. The van der Waals surface area contributed by atoms with Crippen molar-refractivity contribution >= 4 is 5.97 Å². The molecular weight excluding hydrogens is 320 g/mol. The molecule has 25 heavy (non-hydrogen) atoms. The van der Waals surface area contributed by atoms with Gasteiger partial charge in [0, 0.05) is 11.8 Å². The van der Waals surface area contributed by atoms with Crippen LogP contribution >= 0.6 is 0 Å². The lowest BCUT2D eigenvalue weighted by atomic mass is 9.69. The normalized spacial score (nSPS) is 29.2. The van der Waals surface area contributed by atoms with Gasteiger partial charge in [-0.05, 0) is 19.3 Å². The Hall–Kier alpha value is -0.910. The first-order valence-corrected chi connectivity index (χ1v) is 9.83. The van der Waals surface area contributed by atoms with Crippen LogP contribution in [0, 0.1) is 11.3 Å². The summed E-state index contributed by atoms with van der Waals surface area (Å²) in [7, 11) is 0. The van der Waals surface area contributed by atoms with Crippen LogP contribution in [0.5, 0.6) is 0 Å². The van der Waals surface area contributed by atoms with E-state index in [1.807, 2.05) is 0 Å². The lowest BCUT2D eigenvalue weighted by Gasteiger charge is -2.36. The van der Waals surface area contributed by atoms with Gasteiger partial charge in [0.05, 0.1) is 24.2 Å². The Balaban J connectivity index is 2.94. The standard InChI is InChI=1S/C20H36O5/c1-3-5-7-9-15(21)11-12-20(14-16(22)13-18(20)23)17(19(24)25)10-8-6-4-2/h11-12,15-18,21-23H,3-10,13-14H2,1-2H3,(H,24,25)/b12-11+/t15-,16-,17-,18-,20-/m0/s1. The van der Waals surface area contributed by atoms with Gasteiger partial charge in [-0.3, -0.25) is 4.79 Å². The van der Waals surface area contributed by atoms with Crippen molar-refractivity contribution in [1.29, 1.82) is 0 Å². The van der Waals surface area contributed by atoms with Crippen molar-refractivity contribution in [2.75, 3.05) is 0 Å². The first-order chi connectivity index (χ1) is 11.9. The van der Waals surface area contributed by atoms with Gasteiger partial charge in [0.25, 0.3) is 0 Å². The summed E-state index contributed by atoms with van der Waals surface area (Å²) in [6, 6.07) is 0. The van der Waals surface area contributed by atoms with Gasteiger partial charge in [0.15, 0.2) is 0 Å². The van der Waals surface area contributed by atoms with Crippen LogP contribution in [-0.2, 0) is 4.79 Å². The molecular formula is C20H36O5. The van der Waals surface area contributed by atoms with Crippen molar-refractivity contribution in [3.05, 3.63) is 12.2 Å². The number of rotatable bonds is 12. The third kappa shape index (κ3) is 6.39. The van der Waals surface area contributed by atoms with Crippen LogP contribution in [0.2, 0.25) is 0 Å². The van der Waals surface area contributed by atoms with Crippen molar-refractivity contribution in [3.8, 4) is 0 Å². The highest BCUT2D eigenvalue weighted by Gasteiger charge is 2.52. The molecule has 0 amide bonds. The van der Waals surface area contributed by atoms with E-state index in [2.05, 4.69) is 13.8 Å². The number of carboxylic acids is 1. The zero-order valence-electron chi connectivity index (χ0n) is 15.7. The minimum absolute atomic E-state index is 0.188. The predicted molar refractivity (Wildman–Crippen MR) is 98.2 cm³/mol. The lowest BCUT2D eigenvalue weighted by molar-refractivity contribution is -0.148. The van der Waals surface area contributed by atoms with Gasteiger partial charge in [-0.15, -0.1) is 0 Å². The first-order valence-electron chi connectivity index (χ1n) is 9.83. The van der Waals surface area contributed by atoms with Gasteiger partial charge in [-0.1, -0.05) is 64.5 Å². The SMILES string of the molecule is CCCCC[C@H](O)/C=C/[C@@]1([C@@H](CCCCC)C(=O)O)C[C@@H](O)C[C@@H]1O. The zero-order valence-corrected chi connectivity index (χ0v) is 15.7. The number of hydrogen-bond donors (Lipinski definition) is 4. The quantitative estimate of drug-likeness (QED) is 0.318. The van der Waals surface area contributed by atoms with E-state index in [0.717, 1.165) is 38.5 Å². The zero-order chi connectivity index (χ0) is 18.9. The average Bonchev–Trinajstić information content (AvgIpc) is 2.84. The molecule has 5 heteroatoms. The number of unbranched alkanes of at least 4 members (excludes halogenated alkanes) is 4. The van der Waals surface area contributed by atoms with E-state index in [0.29, 0.717) is 12.8 Å². The molecule has 5 atom stereocenters. The van der Waals surface area contributed by atoms with Crippen molar-refractivity contribution in [2.45, 2.75) is 96.4 Å². The van der Waals surface area contributed by atoms with Crippen LogP contribution in [0.1, 0.15) is 78.1 Å². The molecule has 0 bridgehead atoms. The second kappa shape index (κ2) is 10.9. The molecule has 0 unspecified atom stereocenters. The minimum atomic E-state index is -0.995. The van der Waals surface area contributed by atoms with E-state index in [1.165, 1.54) is 0 Å². The maximum atomic E-state index is 11.9. The van der Waals surface area contributed by atoms with Crippen LogP contribution < -0.4 is 0 Å². The van der Waals surface area contributed by atoms with Crippen molar-refractivity contribution in [1.82, 2.24) is 0 Å². The Morgan fingerprint density at radius 3 is 2.20 bits per heavy atom. The Morgan fingerprint density at radius 2 is 1.72 bits per heavy atom. The number of carbonyl (C=O) groups is 1. The average molecular weight is 357 g/mol. The second-order valence-corrected chi connectivity index (χ2v) is 7.53. The number of carboxylic acid groups (broad SMARTS) is 1. The van der Waals surface area contributed by atoms with Crippen LogP contribution in [0.15, 0.2) is 12.2 Å². The van der Waals surface area contributed by atoms with Gasteiger partial charge in [-0.25, -0.2) is 0 Å². The summed E-state index contributed by atoms with van der Waals surface area (Å²) in [6.07, 6.45) is 8.37. The Kier molecular flexibility index (Phi) is 9.69. The smallest absolute Gasteiger partial charge is 0.307 e. The third-order valence-electron chi connectivity index (χ3n) is 5.48. The number of hydrogen-bond acceptors (Lipinski definition) is 4. The van der Waals surface area contributed by atoms with Gasteiger partial charge in [-0.2, -0.15) is 0 Å². The van der Waals surface area contributed by atoms with Crippen molar-refractivity contribution in [3.63, 3.8) is 0 Å².